The van der Waals surface area contributed by atoms with Gasteiger partial charge in [-0.15, -0.1) is 0 Å². The number of piperidine rings is 1. The molecule has 10 heteroatoms. The molecule has 6 rings (SSSR count). The topological polar surface area (TPSA) is 86.9 Å². The van der Waals surface area contributed by atoms with Crippen molar-refractivity contribution in [2.24, 2.45) is 0 Å². The number of para-hydroxylation sites is 1. The standard InChI is InChI=1S/C29H31F2N3O5/c1-16-11-18(28(35)36-2)14-32-27(16)34-19-9-10-20(34)13-21(12-19)37-15-23-25(33-39-26(23)17-7-8-17)22-5-3-4-6-24(22)38-29(30)31/h3-6,11,14,17,19-21,29H,7-10,12-13,15H2,1-2H3/t19-,20?,21?/m0/s1. The molecule has 206 valence electrons. The molecule has 2 unspecified atom stereocenters. The second kappa shape index (κ2) is 10.6. The van der Waals surface area contributed by atoms with Gasteiger partial charge in [-0.05, 0) is 69.2 Å². The maximum atomic E-state index is 13.1. The number of hydrogen-bond acceptors (Lipinski definition) is 8. The Morgan fingerprint density at radius 2 is 1.90 bits per heavy atom. The van der Waals surface area contributed by atoms with E-state index in [0.29, 0.717) is 23.4 Å². The van der Waals surface area contributed by atoms with Gasteiger partial charge >= 0.3 is 12.6 Å². The maximum absolute atomic E-state index is 13.1. The zero-order valence-corrected chi connectivity index (χ0v) is 21.9. The third-order valence-electron chi connectivity index (χ3n) is 7.99. The SMILES string of the molecule is COC(=O)c1cnc(N2C3CC[C@H]2CC(OCc2c(-c4ccccc4OC(F)F)noc2C2CC2)C3)c(C)c1. The van der Waals surface area contributed by atoms with E-state index in [9.17, 15) is 13.6 Å². The number of nitrogens with zero attached hydrogens (tertiary/aromatic N) is 3. The van der Waals surface area contributed by atoms with Crippen LogP contribution in [0, 0.1) is 6.92 Å². The van der Waals surface area contributed by atoms with E-state index in [4.69, 9.17) is 18.7 Å². The summed E-state index contributed by atoms with van der Waals surface area (Å²) in [5.74, 6) is 1.64. The van der Waals surface area contributed by atoms with Crippen molar-refractivity contribution in [3.05, 3.63) is 59.0 Å². The minimum absolute atomic E-state index is 0.0377. The Labute approximate surface area is 225 Å². The number of fused-ring (bicyclic) bond motifs is 2. The Balaban J connectivity index is 1.19. The van der Waals surface area contributed by atoms with Crippen molar-refractivity contribution in [3.8, 4) is 17.0 Å². The van der Waals surface area contributed by atoms with Crippen LogP contribution in [0.5, 0.6) is 5.75 Å². The Hall–Kier alpha value is -3.53. The molecular weight excluding hydrogens is 508 g/mol. The normalized spacial score (nSPS) is 22.4. The van der Waals surface area contributed by atoms with Crippen LogP contribution in [0.25, 0.3) is 11.3 Å². The number of pyridine rings is 1. The van der Waals surface area contributed by atoms with Gasteiger partial charge in [0.15, 0.2) is 0 Å². The van der Waals surface area contributed by atoms with Crippen LogP contribution in [0.15, 0.2) is 41.1 Å². The number of anilines is 1. The summed E-state index contributed by atoms with van der Waals surface area (Å²) < 4.78 is 47.9. The molecule has 1 saturated carbocycles. The zero-order chi connectivity index (χ0) is 27.1. The molecule has 0 amide bonds. The van der Waals surface area contributed by atoms with E-state index in [-0.39, 0.29) is 29.9 Å². The lowest BCUT2D eigenvalue weighted by atomic mass is 9.98. The fraction of sp³-hybridized carbons (Fsp3) is 0.483. The number of hydrogen-bond donors (Lipinski definition) is 0. The summed E-state index contributed by atoms with van der Waals surface area (Å²) >= 11 is 0. The summed E-state index contributed by atoms with van der Waals surface area (Å²) in [6.45, 7) is -0.668. The van der Waals surface area contributed by atoms with E-state index in [2.05, 4.69) is 15.0 Å². The number of methoxy groups -OCH3 is 1. The Morgan fingerprint density at radius 3 is 2.56 bits per heavy atom. The highest BCUT2D eigenvalue weighted by molar-refractivity contribution is 5.89. The van der Waals surface area contributed by atoms with Gasteiger partial charge in [0.2, 0.25) is 0 Å². The maximum Gasteiger partial charge on any atom is 0.387 e. The van der Waals surface area contributed by atoms with Gasteiger partial charge in [0.05, 0.1) is 25.4 Å². The molecule has 3 fully saturated rings. The summed E-state index contributed by atoms with van der Waals surface area (Å²) in [5.41, 5.74) is 3.18. The summed E-state index contributed by atoms with van der Waals surface area (Å²) in [5, 5.41) is 4.28. The molecular formula is C29H31F2N3O5. The Bertz CT molecular complexity index is 1340. The average molecular weight is 540 g/mol. The van der Waals surface area contributed by atoms with E-state index in [1.165, 1.54) is 13.2 Å². The summed E-state index contributed by atoms with van der Waals surface area (Å²) in [7, 11) is 1.36. The van der Waals surface area contributed by atoms with Gasteiger partial charge in [-0.1, -0.05) is 17.3 Å². The highest BCUT2D eigenvalue weighted by Crippen LogP contribution is 2.46. The Kier molecular flexibility index (Phi) is 6.97. The van der Waals surface area contributed by atoms with Crippen LogP contribution >= 0.6 is 0 Å². The van der Waals surface area contributed by atoms with Crippen LogP contribution < -0.4 is 9.64 Å². The van der Waals surface area contributed by atoms with Gasteiger partial charge in [0, 0.05) is 35.3 Å². The number of aromatic nitrogens is 2. The molecule has 0 radical (unpaired) electrons. The van der Waals surface area contributed by atoms with Crippen LogP contribution in [-0.2, 0) is 16.1 Å². The average Bonchev–Trinajstić information content (AvgIpc) is 3.63. The molecule has 2 aromatic heterocycles. The van der Waals surface area contributed by atoms with E-state index in [1.54, 1.807) is 24.4 Å². The first-order chi connectivity index (χ1) is 18.9. The van der Waals surface area contributed by atoms with Gasteiger partial charge in [-0.25, -0.2) is 9.78 Å². The number of benzene rings is 1. The first-order valence-electron chi connectivity index (χ1n) is 13.4. The molecule has 3 aromatic rings. The van der Waals surface area contributed by atoms with Crippen molar-refractivity contribution in [2.75, 3.05) is 12.0 Å². The molecule has 2 saturated heterocycles. The van der Waals surface area contributed by atoms with Crippen molar-refractivity contribution >= 4 is 11.8 Å². The predicted octanol–water partition coefficient (Wildman–Crippen LogP) is 6.03. The Morgan fingerprint density at radius 1 is 1.15 bits per heavy atom. The van der Waals surface area contributed by atoms with E-state index < -0.39 is 12.6 Å². The van der Waals surface area contributed by atoms with Crippen molar-refractivity contribution in [1.29, 1.82) is 0 Å². The molecule has 0 N–H and O–H groups in total. The molecule has 3 aliphatic rings. The van der Waals surface area contributed by atoms with Crippen molar-refractivity contribution in [1.82, 2.24) is 10.1 Å². The molecule has 8 nitrogen and oxygen atoms in total. The first-order valence-corrected chi connectivity index (χ1v) is 13.4. The van der Waals surface area contributed by atoms with Crippen LogP contribution in [0.2, 0.25) is 0 Å². The smallest absolute Gasteiger partial charge is 0.387 e. The highest BCUT2D eigenvalue weighted by Gasteiger charge is 2.43. The van der Waals surface area contributed by atoms with E-state index >= 15 is 0 Å². The molecule has 2 aliphatic heterocycles. The number of ether oxygens (including phenoxy) is 3. The van der Waals surface area contributed by atoms with E-state index in [1.807, 2.05) is 13.0 Å². The summed E-state index contributed by atoms with van der Waals surface area (Å²) in [6.07, 6.45) is 7.44. The monoisotopic (exact) mass is 539 g/mol. The number of carbonyl (C=O) groups excluding carboxylic acids is 1. The second-order valence-corrected chi connectivity index (χ2v) is 10.6. The fourth-order valence-electron chi connectivity index (χ4n) is 6.08. The number of aryl methyl sites for hydroxylation is 1. The van der Waals surface area contributed by atoms with E-state index in [0.717, 1.165) is 61.2 Å². The summed E-state index contributed by atoms with van der Waals surface area (Å²) in [6, 6.07) is 9.06. The largest absolute Gasteiger partial charge is 0.465 e. The van der Waals surface area contributed by atoms with Gasteiger partial charge in [0.1, 0.15) is 23.0 Å². The number of halogens is 2. The molecule has 4 heterocycles. The van der Waals surface area contributed by atoms with Crippen molar-refractivity contribution < 1.29 is 32.3 Å². The number of carbonyl (C=O) groups is 1. The number of rotatable bonds is 9. The molecule has 1 aromatic carbocycles. The number of alkyl halides is 2. The van der Waals surface area contributed by atoms with Gasteiger partial charge < -0.3 is 23.6 Å². The van der Waals surface area contributed by atoms with Crippen molar-refractivity contribution in [3.63, 3.8) is 0 Å². The minimum atomic E-state index is -2.93. The lowest BCUT2D eigenvalue weighted by Crippen LogP contribution is -2.46. The van der Waals surface area contributed by atoms with Crippen LogP contribution in [-0.4, -0.2) is 48.0 Å². The van der Waals surface area contributed by atoms with Gasteiger partial charge in [0.25, 0.3) is 0 Å². The highest BCUT2D eigenvalue weighted by atomic mass is 19.3. The third-order valence-corrected chi connectivity index (χ3v) is 7.99. The molecule has 1 aliphatic carbocycles. The molecule has 2 bridgehead atoms. The minimum Gasteiger partial charge on any atom is -0.465 e. The second-order valence-electron chi connectivity index (χ2n) is 10.6. The van der Waals surface area contributed by atoms with Crippen molar-refractivity contribution in [2.45, 2.75) is 82.8 Å². The molecule has 0 spiro atoms. The van der Waals surface area contributed by atoms with Gasteiger partial charge in [-0.3, -0.25) is 0 Å². The van der Waals surface area contributed by atoms with Crippen LogP contribution in [0.3, 0.4) is 0 Å². The van der Waals surface area contributed by atoms with Gasteiger partial charge in [-0.2, -0.15) is 8.78 Å². The first kappa shape index (κ1) is 25.7. The number of esters is 1. The third kappa shape index (κ3) is 5.09. The predicted molar refractivity (Wildman–Crippen MR) is 138 cm³/mol. The lowest BCUT2D eigenvalue weighted by Gasteiger charge is -2.40. The summed E-state index contributed by atoms with van der Waals surface area (Å²) in [4.78, 5) is 18.9. The lowest BCUT2D eigenvalue weighted by molar-refractivity contribution is -0.0494. The molecule has 39 heavy (non-hydrogen) atoms. The zero-order valence-electron chi connectivity index (χ0n) is 21.9. The molecule has 3 atom stereocenters. The van der Waals surface area contributed by atoms with Crippen LogP contribution in [0.4, 0.5) is 14.6 Å². The van der Waals surface area contributed by atoms with Crippen LogP contribution in [0.1, 0.15) is 71.7 Å². The fourth-order valence-corrected chi connectivity index (χ4v) is 6.08. The quantitative estimate of drug-likeness (QED) is 0.305.